The summed E-state index contributed by atoms with van der Waals surface area (Å²) in [6.07, 6.45) is 2.04. The highest BCUT2D eigenvalue weighted by Gasteiger charge is 2.47. The van der Waals surface area contributed by atoms with Crippen molar-refractivity contribution in [2.75, 3.05) is 4.90 Å². The molecule has 8 aromatic rings. The molecule has 0 aliphatic heterocycles. The van der Waals surface area contributed by atoms with E-state index in [-0.39, 0.29) is 5.41 Å². The summed E-state index contributed by atoms with van der Waals surface area (Å²) < 4.78 is 0. The fourth-order valence-electron chi connectivity index (χ4n) is 10.2. The first-order valence-electron chi connectivity index (χ1n) is 22.3. The molecular formula is C61H57N. The molecule has 0 N–H and O–H groups in total. The minimum atomic E-state index is -0.481. The van der Waals surface area contributed by atoms with E-state index in [1.807, 2.05) is 33.8 Å². The molecule has 0 fully saturated rings. The molecule has 0 radical (unpaired) electrons. The van der Waals surface area contributed by atoms with Gasteiger partial charge in [-0.3, -0.25) is 0 Å². The number of nitrogens with zero attached hydrogens (tertiary/aromatic N) is 1. The average molecular weight is 804 g/mol. The van der Waals surface area contributed by atoms with Gasteiger partial charge in [0.1, 0.15) is 0 Å². The lowest BCUT2D eigenvalue weighted by molar-refractivity contribution is 0.654. The minimum Gasteiger partial charge on any atom is -0.310 e. The topological polar surface area (TPSA) is 3.24 Å². The van der Waals surface area contributed by atoms with Crippen molar-refractivity contribution in [2.24, 2.45) is 0 Å². The molecule has 62 heavy (non-hydrogen) atoms. The summed E-state index contributed by atoms with van der Waals surface area (Å²) in [5, 5.41) is 0. The Balaban J connectivity index is 0.00000129. The van der Waals surface area contributed by atoms with Crippen LogP contribution in [0.25, 0.3) is 39.0 Å². The fourth-order valence-corrected chi connectivity index (χ4v) is 10.2. The van der Waals surface area contributed by atoms with Crippen LogP contribution in [-0.4, -0.2) is 0 Å². The van der Waals surface area contributed by atoms with E-state index in [0.717, 1.165) is 17.1 Å². The predicted molar refractivity (Wildman–Crippen MR) is 268 cm³/mol. The number of rotatable bonds is 8. The normalized spacial score (nSPS) is 13.7. The van der Waals surface area contributed by atoms with Crippen LogP contribution in [0, 0.1) is 0 Å². The average Bonchev–Trinajstić information content (AvgIpc) is 3.75. The van der Waals surface area contributed by atoms with Gasteiger partial charge in [-0.2, -0.15) is 0 Å². The highest BCUT2D eigenvalue weighted by molar-refractivity contribution is 6.00. The third-order valence-electron chi connectivity index (χ3n) is 12.8. The Morgan fingerprint density at radius 3 is 1.56 bits per heavy atom. The van der Waals surface area contributed by atoms with E-state index in [9.17, 15) is 0 Å². The van der Waals surface area contributed by atoms with Gasteiger partial charge in [0.2, 0.25) is 0 Å². The first kappa shape index (κ1) is 41.8. The van der Waals surface area contributed by atoms with Gasteiger partial charge in [0.05, 0.1) is 11.1 Å². The zero-order chi connectivity index (χ0) is 43.4. The molecule has 0 saturated carbocycles. The van der Waals surface area contributed by atoms with Crippen molar-refractivity contribution in [2.45, 2.75) is 59.3 Å². The molecule has 0 bridgehead atoms. The van der Waals surface area contributed by atoms with Gasteiger partial charge < -0.3 is 4.90 Å². The van der Waals surface area contributed by atoms with Crippen LogP contribution in [0.2, 0.25) is 0 Å². The van der Waals surface area contributed by atoms with Crippen LogP contribution in [-0.2, 0) is 10.8 Å². The Morgan fingerprint density at radius 2 is 0.935 bits per heavy atom. The van der Waals surface area contributed by atoms with E-state index in [4.69, 9.17) is 0 Å². The van der Waals surface area contributed by atoms with Crippen LogP contribution in [0.4, 0.5) is 17.1 Å². The molecule has 0 atom stereocenters. The van der Waals surface area contributed by atoms with Gasteiger partial charge in [-0.25, -0.2) is 0 Å². The van der Waals surface area contributed by atoms with Crippen LogP contribution in [0.3, 0.4) is 0 Å². The number of anilines is 3. The maximum atomic E-state index is 4.23. The Morgan fingerprint density at radius 1 is 0.435 bits per heavy atom. The second-order valence-corrected chi connectivity index (χ2v) is 16.1. The van der Waals surface area contributed by atoms with Gasteiger partial charge in [0, 0.05) is 22.4 Å². The van der Waals surface area contributed by atoms with Crippen molar-refractivity contribution < 1.29 is 0 Å². The van der Waals surface area contributed by atoms with Gasteiger partial charge in [-0.1, -0.05) is 224 Å². The third kappa shape index (κ3) is 6.73. The van der Waals surface area contributed by atoms with Crippen LogP contribution < -0.4 is 4.90 Å². The Hall–Kier alpha value is -6.96. The molecular weight excluding hydrogens is 747 g/mol. The van der Waals surface area contributed by atoms with Crippen molar-refractivity contribution in [1.29, 1.82) is 0 Å². The molecule has 0 aromatic heterocycles. The van der Waals surface area contributed by atoms with Crippen molar-refractivity contribution in [3.8, 4) is 33.4 Å². The zero-order valence-electron chi connectivity index (χ0n) is 37.3. The van der Waals surface area contributed by atoms with Gasteiger partial charge in [0.15, 0.2) is 0 Å². The highest BCUT2D eigenvalue weighted by atomic mass is 15.1. The molecule has 306 valence electrons. The third-order valence-corrected chi connectivity index (χ3v) is 12.8. The van der Waals surface area contributed by atoms with Gasteiger partial charge >= 0.3 is 0 Å². The lowest BCUT2D eigenvalue weighted by Crippen LogP contribution is -2.28. The summed E-state index contributed by atoms with van der Waals surface area (Å²) in [5.74, 6) is 0. The van der Waals surface area contributed by atoms with Crippen LogP contribution >= 0.6 is 0 Å². The first-order chi connectivity index (χ1) is 30.4. The Labute approximate surface area is 370 Å². The maximum absolute atomic E-state index is 4.23. The summed E-state index contributed by atoms with van der Waals surface area (Å²) in [6, 6.07) is 73.8. The molecule has 10 rings (SSSR count). The highest BCUT2D eigenvalue weighted by Crippen LogP contribution is 2.59. The van der Waals surface area contributed by atoms with Crippen LogP contribution in [0.5, 0.6) is 0 Å². The van der Waals surface area contributed by atoms with E-state index in [2.05, 4.69) is 232 Å². The largest absolute Gasteiger partial charge is 0.310 e. The smallest absolute Gasteiger partial charge is 0.0713 e. The molecule has 1 nitrogen and oxygen atoms in total. The quantitative estimate of drug-likeness (QED) is 0.148. The van der Waals surface area contributed by atoms with Crippen molar-refractivity contribution >= 4 is 22.6 Å². The standard InChI is InChI=1S/C57H45N.2C2H6/c1-5-50-39(2)46-37-36-45(38-53(46)56(50,3)4)58(44-34-32-41(33-35-44)40-20-9-6-10-21-40)54-31-18-16-26-47(54)48-28-19-30-52-55(48)49-27-15-17-29-51(49)57(52,42-22-11-7-12-23-42)43-24-13-8-14-25-43;2*1-2/h5-38H,1H2,2-4H3;2*1-2H3. The first-order valence-corrected chi connectivity index (χ1v) is 22.3. The second kappa shape index (κ2) is 17.6. The summed E-state index contributed by atoms with van der Waals surface area (Å²) in [5.41, 5.74) is 20.4. The monoisotopic (exact) mass is 803 g/mol. The lowest BCUT2D eigenvalue weighted by atomic mass is 9.67. The van der Waals surface area contributed by atoms with Gasteiger partial charge in [-0.05, 0) is 110 Å². The number of benzene rings is 8. The van der Waals surface area contributed by atoms with E-state index >= 15 is 0 Å². The van der Waals surface area contributed by atoms with E-state index < -0.39 is 5.41 Å². The molecule has 0 saturated heterocycles. The SMILES string of the molecule is C=CC1=C(C)c2ccc(N(c3ccc(-c4ccccc4)cc3)c3ccccc3-c3cccc4c3-c3ccccc3C4(c3ccccc3)c3ccccc3)cc2C1(C)C.CC.CC. The van der Waals surface area contributed by atoms with E-state index in [1.165, 1.54) is 77.9 Å². The van der Waals surface area contributed by atoms with Gasteiger partial charge in [0.25, 0.3) is 0 Å². The summed E-state index contributed by atoms with van der Waals surface area (Å²) in [4.78, 5) is 2.46. The molecule has 2 aliphatic carbocycles. The van der Waals surface area contributed by atoms with Crippen LogP contribution in [0.1, 0.15) is 81.8 Å². The zero-order valence-corrected chi connectivity index (χ0v) is 37.3. The Kier molecular flexibility index (Phi) is 11.8. The predicted octanol–water partition coefficient (Wildman–Crippen LogP) is 17.2. The second-order valence-electron chi connectivity index (χ2n) is 16.1. The molecule has 0 amide bonds. The maximum Gasteiger partial charge on any atom is 0.0713 e. The van der Waals surface area contributed by atoms with Gasteiger partial charge in [-0.15, -0.1) is 0 Å². The number of hydrogen-bond donors (Lipinski definition) is 0. The van der Waals surface area contributed by atoms with Crippen molar-refractivity contribution in [3.05, 3.63) is 252 Å². The summed E-state index contributed by atoms with van der Waals surface area (Å²) in [7, 11) is 0. The molecule has 8 aromatic carbocycles. The van der Waals surface area contributed by atoms with Crippen LogP contribution in [0.15, 0.2) is 218 Å². The fraction of sp³-hybridized carbons (Fsp3) is 0.148. The minimum absolute atomic E-state index is 0.165. The Bertz CT molecular complexity index is 2820. The molecule has 0 heterocycles. The number of allylic oxidation sites excluding steroid dienone is 3. The lowest BCUT2D eigenvalue weighted by Gasteiger charge is -2.34. The molecule has 2 aliphatic rings. The number of para-hydroxylation sites is 1. The molecule has 1 heteroatoms. The number of hydrogen-bond acceptors (Lipinski definition) is 1. The summed E-state index contributed by atoms with van der Waals surface area (Å²) in [6.45, 7) is 19.1. The summed E-state index contributed by atoms with van der Waals surface area (Å²) >= 11 is 0. The van der Waals surface area contributed by atoms with E-state index in [0.29, 0.717) is 0 Å². The van der Waals surface area contributed by atoms with E-state index in [1.54, 1.807) is 0 Å². The molecule has 0 unspecified atom stereocenters. The number of fused-ring (bicyclic) bond motifs is 4. The van der Waals surface area contributed by atoms with Crippen molar-refractivity contribution in [3.63, 3.8) is 0 Å². The van der Waals surface area contributed by atoms with Crippen molar-refractivity contribution in [1.82, 2.24) is 0 Å². The molecule has 0 spiro atoms.